The Balaban J connectivity index is 0.00000507. The minimum atomic E-state index is -0.144. The highest BCUT2D eigenvalue weighted by Crippen LogP contribution is 2.40. The van der Waals surface area contributed by atoms with Crippen molar-refractivity contribution in [2.75, 3.05) is 39.5 Å². The van der Waals surface area contributed by atoms with Crippen molar-refractivity contribution in [3.63, 3.8) is 0 Å². The van der Waals surface area contributed by atoms with Crippen LogP contribution in [0.15, 0.2) is 30.3 Å². The summed E-state index contributed by atoms with van der Waals surface area (Å²) in [5.74, 6) is 3.03. The van der Waals surface area contributed by atoms with Crippen molar-refractivity contribution >= 4 is 18.3 Å². The SMILES string of the molecule is CCOc1ccc(CC2c3cc(OCC)c(OCC)cc3CCN2C(=O)CNC(C)(C)C)cc1OCC.Cl. The van der Waals surface area contributed by atoms with E-state index in [9.17, 15) is 4.79 Å². The van der Waals surface area contributed by atoms with Crippen molar-refractivity contribution < 1.29 is 23.7 Å². The smallest absolute Gasteiger partial charge is 0.237 e. The van der Waals surface area contributed by atoms with Crippen LogP contribution in [-0.2, 0) is 17.6 Å². The van der Waals surface area contributed by atoms with Gasteiger partial charge in [0.25, 0.3) is 0 Å². The molecular weight excluding hydrogens is 504 g/mol. The van der Waals surface area contributed by atoms with Gasteiger partial charge in [0.2, 0.25) is 5.91 Å². The molecule has 1 unspecified atom stereocenters. The minimum Gasteiger partial charge on any atom is -0.490 e. The molecule has 38 heavy (non-hydrogen) atoms. The van der Waals surface area contributed by atoms with Gasteiger partial charge >= 0.3 is 0 Å². The Morgan fingerprint density at radius 3 is 2.00 bits per heavy atom. The molecule has 2 aromatic rings. The summed E-state index contributed by atoms with van der Waals surface area (Å²) in [6.45, 7) is 17.3. The topological polar surface area (TPSA) is 69.3 Å². The lowest BCUT2D eigenvalue weighted by Gasteiger charge is -2.39. The third kappa shape index (κ3) is 8.18. The van der Waals surface area contributed by atoms with Crippen LogP contribution >= 0.6 is 12.4 Å². The van der Waals surface area contributed by atoms with E-state index in [4.69, 9.17) is 18.9 Å². The molecular formula is C30H45ClN2O5. The number of nitrogens with one attached hydrogen (secondary N) is 1. The Morgan fingerprint density at radius 2 is 1.42 bits per heavy atom. The molecule has 2 aromatic carbocycles. The zero-order valence-electron chi connectivity index (χ0n) is 24.0. The van der Waals surface area contributed by atoms with Crippen LogP contribution in [0, 0.1) is 0 Å². The lowest BCUT2D eigenvalue weighted by Crippen LogP contribution is -2.48. The van der Waals surface area contributed by atoms with E-state index in [1.54, 1.807) is 0 Å². The van der Waals surface area contributed by atoms with Crippen LogP contribution in [0.4, 0.5) is 0 Å². The largest absolute Gasteiger partial charge is 0.490 e. The van der Waals surface area contributed by atoms with E-state index in [-0.39, 0.29) is 36.4 Å². The summed E-state index contributed by atoms with van der Waals surface area (Å²) in [6.07, 6.45) is 1.42. The zero-order valence-corrected chi connectivity index (χ0v) is 24.8. The molecule has 1 N–H and O–H groups in total. The van der Waals surface area contributed by atoms with Gasteiger partial charge in [-0.05, 0) is 102 Å². The average Bonchev–Trinajstić information content (AvgIpc) is 2.85. The van der Waals surface area contributed by atoms with Crippen molar-refractivity contribution in [3.05, 3.63) is 47.0 Å². The van der Waals surface area contributed by atoms with E-state index in [0.717, 1.165) is 40.5 Å². The Bertz CT molecular complexity index is 1050. The summed E-state index contributed by atoms with van der Waals surface area (Å²) < 4.78 is 23.5. The highest BCUT2D eigenvalue weighted by atomic mass is 35.5. The molecule has 7 nitrogen and oxygen atoms in total. The molecule has 0 aliphatic carbocycles. The normalized spacial score (nSPS) is 14.8. The first-order valence-corrected chi connectivity index (χ1v) is 13.6. The van der Waals surface area contributed by atoms with Gasteiger partial charge in [-0.2, -0.15) is 0 Å². The number of rotatable bonds is 12. The molecule has 3 rings (SSSR count). The van der Waals surface area contributed by atoms with E-state index in [0.29, 0.717) is 39.4 Å². The molecule has 0 radical (unpaired) electrons. The van der Waals surface area contributed by atoms with E-state index in [1.807, 2.05) is 44.7 Å². The van der Waals surface area contributed by atoms with Gasteiger partial charge in [0.15, 0.2) is 23.0 Å². The molecule has 1 atom stereocenters. The van der Waals surface area contributed by atoms with Crippen LogP contribution in [0.1, 0.15) is 71.2 Å². The Kier molecular flexibility index (Phi) is 12.0. The maximum absolute atomic E-state index is 13.5. The third-order valence-electron chi connectivity index (χ3n) is 6.29. The fourth-order valence-corrected chi connectivity index (χ4v) is 4.65. The zero-order chi connectivity index (χ0) is 27.0. The molecule has 0 fully saturated rings. The predicted octanol–water partition coefficient (Wildman–Crippen LogP) is 5.76. The second kappa shape index (κ2) is 14.5. The number of fused-ring (bicyclic) bond motifs is 1. The first kappa shape index (κ1) is 31.6. The summed E-state index contributed by atoms with van der Waals surface area (Å²) in [5.41, 5.74) is 3.24. The standard InChI is InChI=1S/C30H44N2O5.ClH/c1-8-34-25-13-12-21(17-26(25)35-9-2)16-24-23-19-28(37-11-4)27(36-10-3)18-22(23)14-15-32(24)29(33)20-31-30(5,6)7;/h12-13,17-19,24,31H,8-11,14-16,20H2,1-7H3;1H. The van der Waals surface area contributed by atoms with Gasteiger partial charge in [-0.15, -0.1) is 12.4 Å². The van der Waals surface area contributed by atoms with Crippen LogP contribution < -0.4 is 24.3 Å². The Labute approximate surface area is 234 Å². The van der Waals surface area contributed by atoms with Gasteiger partial charge in [0.05, 0.1) is 39.0 Å². The molecule has 212 valence electrons. The molecule has 1 amide bonds. The quantitative estimate of drug-likeness (QED) is 0.364. The highest BCUT2D eigenvalue weighted by Gasteiger charge is 2.33. The lowest BCUT2D eigenvalue weighted by molar-refractivity contribution is -0.133. The van der Waals surface area contributed by atoms with Crippen LogP contribution in [0.2, 0.25) is 0 Å². The summed E-state index contributed by atoms with van der Waals surface area (Å²) in [7, 11) is 0. The number of halogens is 1. The number of carbonyl (C=O) groups excluding carboxylic acids is 1. The fraction of sp³-hybridized carbons (Fsp3) is 0.567. The van der Waals surface area contributed by atoms with Crippen LogP contribution in [0.5, 0.6) is 23.0 Å². The van der Waals surface area contributed by atoms with Crippen LogP contribution in [0.25, 0.3) is 0 Å². The summed E-state index contributed by atoms with van der Waals surface area (Å²) in [5, 5.41) is 3.36. The summed E-state index contributed by atoms with van der Waals surface area (Å²) in [6, 6.07) is 10.1. The van der Waals surface area contributed by atoms with Gasteiger partial charge in [-0.25, -0.2) is 0 Å². The maximum Gasteiger partial charge on any atom is 0.237 e. The van der Waals surface area contributed by atoms with Gasteiger partial charge in [0.1, 0.15) is 0 Å². The molecule has 0 saturated carbocycles. The number of hydrogen-bond acceptors (Lipinski definition) is 6. The number of amides is 1. The van der Waals surface area contributed by atoms with Crippen molar-refractivity contribution in [3.8, 4) is 23.0 Å². The Hall–Kier alpha value is -2.64. The third-order valence-corrected chi connectivity index (χ3v) is 6.29. The number of hydrogen-bond donors (Lipinski definition) is 1. The molecule has 1 aliphatic rings. The molecule has 0 saturated heterocycles. The molecule has 0 spiro atoms. The highest BCUT2D eigenvalue weighted by molar-refractivity contribution is 5.85. The number of carbonyl (C=O) groups is 1. The maximum atomic E-state index is 13.5. The molecule has 0 bridgehead atoms. The van der Waals surface area contributed by atoms with E-state index < -0.39 is 0 Å². The van der Waals surface area contributed by atoms with Gasteiger partial charge in [-0.3, -0.25) is 4.79 Å². The fourth-order valence-electron chi connectivity index (χ4n) is 4.65. The van der Waals surface area contributed by atoms with Crippen LogP contribution in [-0.4, -0.2) is 55.9 Å². The van der Waals surface area contributed by atoms with E-state index in [1.165, 1.54) is 5.56 Å². The van der Waals surface area contributed by atoms with E-state index >= 15 is 0 Å². The summed E-state index contributed by atoms with van der Waals surface area (Å²) >= 11 is 0. The molecule has 1 heterocycles. The van der Waals surface area contributed by atoms with Crippen molar-refractivity contribution in [2.24, 2.45) is 0 Å². The Morgan fingerprint density at radius 1 is 0.868 bits per heavy atom. The van der Waals surface area contributed by atoms with Crippen molar-refractivity contribution in [1.82, 2.24) is 10.2 Å². The van der Waals surface area contributed by atoms with E-state index in [2.05, 4.69) is 44.3 Å². The molecule has 1 aliphatic heterocycles. The lowest BCUT2D eigenvalue weighted by atomic mass is 9.88. The average molecular weight is 549 g/mol. The number of benzene rings is 2. The predicted molar refractivity (Wildman–Crippen MR) is 154 cm³/mol. The first-order valence-electron chi connectivity index (χ1n) is 13.6. The molecule has 8 heteroatoms. The minimum absolute atomic E-state index is 0. The number of ether oxygens (including phenoxy) is 4. The van der Waals surface area contributed by atoms with Gasteiger partial charge < -0.3 is 29.2 Å². The van der Waals surface area contributed by atoms with Gasteiger partial charge in [-0.1, -0.05) is 6.07 Å². The summed E-state index contributed by atoms with van der Waals surface area (Å²) in [4.78, 5) is 15.5. The second-order valence-corrected chi connectivity index (χ2v) is 10.2. The molecule has 0 aromatic heterocycles. The van der Waals surface area contributed by atoms with Crippen molar-refractivity contribution in [1.29, 1.82) is 0 Å². The second-order valence-electron chi connectivity index (χ2n) is 10.2. The number of nitrogens with zero attached hydrogens (tertiary/aromatic N) is 1. The van der Waals surface area contributed by atoms with Gasteiger partial charge in [0, 0.05) is 12.1 Å². The first-order chi connectivity index (χ1) is 17.7. The monoisotopic (exact) mass is 548 g/mol. The van der Waals surface area contributed by atoms with Crippen molar-refractivity contribution in [2.45, 2.75) is 72.9 Å². The van der Waals surface area contributed by atoms with Crippen LogP contribution in [0.3, 0.4) is 0 Å².